The fraction of sp³-hybridized carbons (Fsp3) is 0.889. The van der Waals surface area contributed by atoms with Crippen LogP contribution in [-0.2, 0) is 14.8 Å². The molecule has 0 radical (unpaired) electrons. The van der Waals surface area contributed by atoms with Gasteiger partial charge in [-0.05, 0) is 33.2 Å². The molecule has 1 aliphatic rings. The summed E-state index contributed by atoms with van der Waals surface area (Å²) in [6, 6.07) is 0. The van der Waals surface area contributed by atoms with Crippen molar-refractivity contribution < 1.29 is 13.2 Å². The Morgan fingerprint density at radius 1 is 1.53 bits per heavy atom. The van der Waals surface area contributed by atoms with Gasteiger partial charge in [-0.1, -0.05) is 0 Å². The first kappa shape index (κ1) is 12.4. The molecule has 88 valence electrons. The summed E-state index contributed by atoms with van der Waals surface area (Å²) in [5.74, 6) is -0.459. The van der Waals surface area contributed by atoms with E-state index in [9.17, 15) is 13.2 Å². The van der Waals surface area contributed by atoms with E-state index in [1.165, 1.54) is 6.92 Å². The molecule has 0 aromatic rings. The number of amides is 1. The minimum Gasteiger partial charge on any atom is -0.316 e. The molecule has 15 heavy (non-hydrogen) atoms. The van der Waals surface area contributed by atoms with Crippen molar-refractivity contribution >= 4 is 15.9 Å². The van der Waals surface area contributed by atoms with Crippen LogP contribution in [0.25, 0.3) is 0 Å². The lowest BCUT2D eigenvalue weighted by molar-refractivity contribution is -0.129. The second-order valence-corrected chi connectivity index (χ2v) is 6.19. The van der Waals surface area contributed by atoms with Gasteiger partial charge < -0.3 is 5.32 Å². The molecule has 2 N–H and O–H groups in total. The molecule has 1 rings (SSSR count). The first-order valence-electron chi connectivity index (χ1n) is 5.15. The average molecular weight is 234 g/mol. The van der Waals surface area contributed by atoms with Gasteiger partial charge in [-0.15, -0.1) is 0 Å². The molecule has 0 aromatic heterocycles. The molecule has 0 aliphatic carbocycles. The fourth-order valence-electron chi connectivity index (χ4n) is 1.59. The summed E-state index contributed by atoms with van der Waals surface area (Å²) in [4.78, 5) is 11.8. The zero-order valence-electron chi connectivity index (χ0n) is 9.17. The molecule has 0 saturated carbocycles. The highest BCUT2D eigenvalue weighted by atomic mass is 32.2. The first-order chi connectivity index (χ1) is 6.90. The minimum absolute atomic E-state index is 0.0672. The highest BCUT2D eigenvalue weighted by Gasteiger charge is 2.36. The number of nitrogens with one attached hydrogen (secondary N) is 2. The Labute approximate surface area is 90.7 Å². The minimum atomic E-state index is -3.43. The maximum atomic E-state index is 11.8. The zero-order chi connectivity index (χ0) is 11.5. The maximum absolute atomic E-state index is 11.8. The average Bonchev–Trinajstić information content (AvgIpc) is 2.18. The number of piperidine rings is 1. The third-order valence-electron chi connectivity index (χ3n) is 2.77. The van der Waals surface area contributed by atoms with E-state index >= 15 is 0 Å². The van der Waals surface area contributed by atoms with Crippen LogP contribution in [0.5, 0.6) is 0 Å². The van der Waals surface area contributed by atoms with Crippen molar-refractivity contribution in [3.8, 4) is 0 Å². The van der Waals surface area contributed by atoms with E-state index in [-0.39, 0.29) is 5.75 Å². The number of sulfonamides is 1. The molecular weight excluding hydrogens is 216 g/mol. The Morgan fingerprint density at radius 2 is 2.20 bits per heavy atom. The number of carbonyl (C=O) groups excluding carboxylic acids is 1. The Balaban J connectivity index is 2.67. The molecule has 6 heteroatoms. The zero-order valence-corrected chi connectivity index (χ0v) is 9.99. The molecule has 1 atom stereocenters. The van der Waals surface area contributed by atoms with Gasteiger partial charge in [0.1, 0.15) is 0 Å². The van der Waals surface area contributed by atoms with Gasteiger partial charge in [0.25, 0.3) is 0 Å². The molecule has 0 aromatic carbocycles. The molecule has 1 amide bonds. The lowest BCUT2D eigenvalue weighted by Gasteiger charge is -2.32. The second kappa shape index (κ2) is 4.49. The van der Waals surface area contributed by atoms with Crippen LogP contribution in [0, 0.1) is 5.41 Å². The Hall–Kier alpha value is -0.620. The van der Waals surface area contributed by atoms with Gasteiger partial charge in [0.15, 0.2) is 0 Å². The lowest BCUT2D eigenvalue weighted by Crippen LogP contribution is -2.50. The Bertz CT molecular complexity index is 331. The van der Waals surface area contributed by atoms with E-state index in [1.807, 2.05) is 0 Å². The van der Waals surface area contributed by atoms with E-state index in [2.05, 4.69) is 10.0 Å². The largest absolute Gasteiger partial charge is 0.316 e. The van der Waals surface area contributed by atoms with Crippen LogP contribution in [0.3, 0.4) is 0 Å². The number of hydrogen-bond donors (Lipinski definition) is 2. The van der Waals surface area contributed by atoms with Gasteiger partial charge in [-0.3, -0.25) is 9.52 Å². The van der Waals surface area contributed by atoms with Gasteiger partial charge in [-0.2, -0.15) is 0 Å². The highest BCUT2D eigenvalue weighted by Crippen LogP contribution is 2.25. The fourth-order valence-corrected chi connectivity index (χ4v) is 2.26. The first-order valence-corrected chi connectivity index (χ1v) is 6.80. The topological polar surface area (TPSA) is 75.3 Å². The highest BCUT2D eigenvalue weighted by molar-refractivity contribution is 7.90. The third-order valence-corrected chi connectivity index (χ3v) is 4.03. The van der Waals surface area contributed by atoms with Gasteiger partial charge in [0.2, 0.25) is 15.9 Å². The van der Waals surface area contributed by atoms with E-state index < -0.39 is 21.3 Å². The van der Waals surface area contributed by atoms with Crippen molar-refractivity contribution in [2.75, 3.05) is 18.8 Å². The van der Waals surface area contributed by atoms with E-state index in [4.69, 9.17) is 0 Å². The van der Waals surface area contributed by atoms with Gasteiger partial charge in [0.05, 0.1) is 11.2 Å². The standard InChI is InChI=1S/C9H18N2O3S/c1-3-15(13,14)11-8(12)9(2)5-4-6-10-7-9/h10H,3-7H2,1-2H3,(H,11,12). The molecule has 0 spiro atoms. The van der Waals surface area contributed by atoms with Gasteiger partial charge >= 0.3 is 0 Å². The summed E-state index contributed by atoms with van der Waals surface area (Å²) >= 11 is 0. The van der Waals surface area contributed by atoms with Crippen molar-refractivity contribution in [2.45, 2.75) is 26.7 Å². The predicted molar refractivity (Wildman–Crippen MR) is 57.8 cm³/mol. The Kier molecular flexibility index (Phi) is 3.72. The predicted octanol–water partition coefficient (Wildman–Crippen LogP) is -0.158. The molecule has 5 nitrogen and oxygen atoms in total. The maximum Gasteiger partial charge on any atom is 0.240 e. The van der Waals surface area contributed by atoms with Crippen molar-refractivity contribution in [3.63, 3.8) is 0 Å². The van der Waals surface area contributed by atoms with Crippen molar-refractivity contribution in [3.05, 3.63) is 0 Å². The quantitative estimate of drug-likeness (QED) is 0.711. The molecular formula is C9H18N2O3S. The SMILES string of the molecule is CCS(=O)(=O)NC(=O)C1(C)CCCNC1. The van der Waals surface area contributed by atoms with Crippen LogP contribution >= 0.6 is 0 Å². The third kappa shape index (κ3) is 3.17. The van der Waals surface area contributed by atoms with Gasteiger partial charge in [0, 0.05) is 6.54 Å². The molecule has 0 bridgehead atoms. The van der Waals surface area contributed by atoms with Crippen LogP contribution in [-0.4, -0.2) is 33.2 Å². The van der Waals surface area contributed by atoms with Crippen LogP contribution in [0.2, 0.25) is 0 Å². The molecule has 1 unspecified atom stereocenters. The normalized spacial score (nSPS) is 27.3. The van der Waals surface area contributed by atoms with Crippen molar-refractivity contribution in [1.82, 2.24) is 10.0 Å². The molecule has 1 aliphatic heterocycles. The summed E-state index contributed by atoms with van der Waals surface area (Å²) in [5, 5.41) is 3.10. The van der Waals surface area contributed by atoms with E-state index in [0.717, 1.165) is 19.4 Å². The van der Waals surface area contributed by atoms with Crippen LogP contribution in [0.15, 0.2) is 0 Å². The summed E-state index contributed by atoms with van der Waals surface area (Å²) in [6.07, 6.45) is 1.63. The van der Waals surface area contributed by atoms with E-state index in [0.29, 0.717) is 6.54 Å². The summed E-state index contributed by atoms with van der Waals surface area (Å²) in [6.45, 7) is 4.73. The molecule has 1 saturated heterocycles. The number of hydrogen-bond acceptors (Lipinski definition) is 4. The van der Waals surface area contributed by atoms with Crippen molar-refractivity contribution in [2.24, 2.45) is 5.41 Å². The second-order valence-electron chi connectivity index (χ2n) is 4.18. The summed E-state index contributed by atoms with van der Waals surface area (Å²) < 4.78 is 24.6. The molecule has 1 heterocycles. The van der Waals surface area contributed by atoms with Crippen LogP contribution in [0.4, 0.5) is 0 Å². The number of carbonyl (C=O) groups is 1. The summed E-state index contributed by atoms with van der Waals surface area (Å²) in [5.41, 5.74) is -0.597. The van der Waals surface area contributed by atoms with Gasteiger partial charge in [-0.25, -0.2) is 8.42 Å². The lowest BCUT2D eigenvalue weighted by atomic mass is 9.82. The Morgan fingerprint density at radius 3 is 2.67 bits per heavy atom. The summed E-state index contributed by atoms with van der Waals surface area (Å²) in [7, 11) is -3.43. The van der Waals surface area contributed by atoms with Crippen molar-refractivity contribution in [1.29, 1.82) is 0 Å². The van der Waals surface area contributed by atoms with Crippen LogP contribution < -0.4 is 10.0 Å². The monoisotopic (exact) mass is 234 g/mol. The molecule has 1 fully saturated rings. The van der Waals surface area contributed by atoms with E-state index in [1.54, 1.807) is 6.92 Å². The number of rotatable bonds is 3. The van der Waals surface area contributed by atoms with Crippen LogP contribution in [0.1, 0.15) is 26.7 Å². The smallest absolute Gasteiger partial charge is 0.240 e.